The smallest absolute Gasteiger partial charge is 0.257 e. The summed E-state index contributed by atoms with van der Waals surface area (Å²) in [4.78, 5) is 14.5. The van der Waals surface area contributed by atoms with Gasteiger partial charge in [-0.2, -0.15) is 0 Å². The Morgan fingerprint density at radius 3 is 2.59 bits per heavy atom. The topological polar surface area (TPSA) is 48.0 Å². The van der Waals surface area contributed by atoms with E-state index >= 15 is 0 Å². The normalized spacial score (nSPS) is 16.1. The number of hydrogen-bond donors (Lipinski definition) is 0. The summed E-state index contributed by atoms with van der Waals surface area (Å²) in [5, 5.41) is 0. The maximum absolute atomic E-state index is 12.8. The maximum Gasteiger partial charge on any atom is 0.257 e. The minimum atomic E-state index is -0.0775. The van der Waals surface area contributed by atoms with Crippen LogP contribution in [0.3, 0.4) is 0 Å². The van der Waals surface area contributed by atoms with Crippen LogP contribution >= 0.6 is 0 Å². The molecule has 1 heterocycles. The quantitative estimate of drug-likeness (QED) is 0.712. The van der Waals surface area contributed by atoms with Gasteiger partial charge in [0, 0.05) is 13.7 Å². The average molecular weight is 369 g/mol. The van der Waals surface area contributed by atoms with Crippen molar-refractivity contribution >= 4 is 5.91 Å². The molecule has 1 fully saturated rings. The van der Waals surface area contributed by atoms with Gasteiger partial charge < -0.3 is 19.1 Å². The summed E-state index contributed by atoms with van der Waals surface area (Å²) in [6.07, 6.45) is 2.19. The Morgan fingerprint density at radius 1 is 1.11 bits per heavy atom. The van der Waals surface area contributed by atoms with Gasteiger partial charge in [0.2, 0.25) is 0 Å². The van der Waals surface area contributed by atoms with Crippen LogP contribution in [0.2, 0.25) is 0 Å². The van der Waals surface area contributed by atoms with Crippen molar-refractivity contribution in [1.82, 2.24) is 4.90 Å². The van der Waals surface area contributed by atoms with Gasteiger partial charge in [-0.1, -0.05) is 30.3 Å². The van der Waals surface area contributed by atoms with Crippen LogP contribution in [0.4, 0.5) is 0 Å². The molecule has 5 nitrogen and oxygen atoms in total. The fraction of sp³-hybridized carbons (Fsp3) is 0.409. The second-order valence-electron chi connectivity index (χ2n) is 6.78. The van der Waals surface area contributed by atoms with Gasteiger partial charge in [0.05, 0.1) is 18.2 Å². The monoisotopic (exact) mass is 369 g/mol. The lowest BCUT2D eigenvalue weighted by atomic mass is 10.1. The standard InChI is InChI=1S/C22H27NO4/c1-17-8-3-5-11-20(17)26-15-13-23(2)22(24)19-10-4-6-12-21(19)27-16-18-9-7-14-25-18/h3-6,8,10-12,18H,7,9,13-16H2,1-2H3. The van der Waals surface area contributed by atoms with Crippen LogP contribution in [0.15, 0.2) is 48.5 Å². The van der Waals surface area contributed by atoms with Crippen molar-refractivity contribution in [2.75, 3.05) is 33.4 Å². The van der Waals surface area contributed by atoms with Gasteiger partial charge in [-0.05, 0) is 43.5 Å². The highest BCUT2D eigenvalue weighted by molar-refractivity contribution is 5.96. The lowest BCUT2D eigenvalue weighted by Gasteiger charge is -2.20. The Morgan fingerprint density at radius 2 is 1.85 bits per heavy atom. The van der Waals surface area contributed by atoms with E-state index in [1.54, 1.807) is 18.0 Å². The molecule has 1 aliphatic rings. The molecule has 1 atom stereocenters. The van der Waals surface area contributed by atoms with Crippen LogP contribution in [-0.4, -0.2) is 50.3 Å². The Labute approximate surface area is 160 Å². The van der Waals surface area contributed by atoms with Gasteiger partial charge in [-0.25, -0.2) is 0 Å². The third kappa shape index (κ3) is 5.23. The summed E-state index contributed by atoms with van der Waals surface area (Å²) in [5.74, 6) is 1.37. The molecule has 1 saturated heterocycles. The second kappa shape index (κ2) is 9.42. The molecule has 1 unspecified atom stereocenters. The number of ether oxygens (including phenoxy) is 3. The summed E-state index contributed by atoms with van der Waals surface area (Å²) >= 11 is 0. The van der Waals surface area contributed by atoms with Crippen molar-refractivity contribution in [3.8, 4) is 11.5 Å². The lowest BCUT2D eigenvalue weighted by molar-refractivity contribution is 0.0655. The minimum Gasteiger partial charge on any atom is -0.491 e. The predicted octanol–water partition coefficient (Wildman–Crippen LogP) is 3.70. The van der Waals surface area contributed by atoms with Crippen molar-refractivity contribution < 1.29 is 19.0 Å². The first-order chi connectivity index (χ1) is 13.1. The van der Waals surface area contributed by atoms with E-state index in [-0.39, 0.29) is 12.0 Å². The Balaban J connectivity index is 1.55. The van der Waals surface area contributed by atoms with Crippen LogP contribution in [0.5, 0.6) is 11.5 Å². The number of aryl methyl sites for hydroxylation is 1. The molecule has 0 bridgehead atoms. The molecule has 0 radical (unpaired) electrons. The zero-order valence-corrected chi connectivity index (χ0v) is 16.0. The van der Waals surface area contributed by atoms with E-state index in [0.29, 0.717) is 31.1 Å². The second-order valence-corrected chi connectivity index (χ2v) is 6.78. The molecule has 0 saturated carbocycles. The van der Waals surface area contributed by atoms with Gasteiger partial charge in [0.1, 0.15) is 24.7 Å². The number of hydrogen-bond acceptors (Lipinski definition) is 4. The first kappa shape index (κ1) is 19.2. The van der Waals surface area contributed by atoms with E-state index in [2.05, 4.69) is 0 Å². The zero-order valence-electron chi connectivity index (χ0n) is 16.0. The van der Waals surface area contributed by atoms with Gasteiger partial charge >= 0.3 is 0 Å². The molecular weight excluding hydrogens is 342 g/mol. The largest absolute Gasteiger partial charge is 0.491 e. The van der Waals surface area contributed by atoms with Crippen molar-refractivity contribution in [2.24, 2.45) is 0 Å². The molecule has 144 valence electrons. The summed E-state index contributed by atoms with van der Waals surface area (Å²) in [5.41, 5.74) is 1.65. The lowest BCUT2D eigenvalue weighted by Crippen LogP contribution is -2.31. The number of para-hydroxylation sites is 2. The van der Waals surface area contributed by atoms with Gasteiger partial charge in [0.15, 0.2) is 0 Å². The number of nitrogens with zero attached hydrogens (tertiary/aromatic N) is 1. The van der Waals surface area contributed by atoms with Crippen LogP contribution < -0.4 is 9.47 Å². The van der Waals surface area contributed by atoms with Crippen molar-refractivity contribution in [2.45, 2.75) is 25.9 Å². The molecular formula is C22H27NO4. The van der Waals surface area contributed by atoms with E-state index in [0.717, 1.165) is 30.8 Å². The number of carbonyl (C=O) groups excluding carboxylic acids is 1. The molecule has 3 rings (SSSR count). The van der Waals surface area contributed by atoms with E-state index in [9.17, 15) is 4.79 Å². The van der Waals surface area contributed by atoms with Gasteiger partial charge in [-0.15, -0.1) is 0 Å². The van der Waals surface area contributed by atoms with Crippen LogP contribution in [0.25, 0.3) is 0 Å². The molecule has 0 spiro atoms. The molecule has 5 heteroatoms. The van der Waals surface area contributed by atoms with Crippen molar-refractivity contribution in [1.29, 1.82) is 0 Å². The Bertz CT molecular complexity index is 755. The SMILES string of the molecule is Cc1ccccc1OCCN(C)C(=O)c1ccccc1OCC1CCCO1. The van der Waals surface area contributed by atoms with Gasteiger partial charge in [-0.3, -0.25) is 4.79 Å². The molecule has 2 aromatic carbocycles. The highest BCUT2D eigenvalue weighted by atomic mass is 16.5. The average Bonchev–Trinajstić information content (AvgIpc) is 3.21. The number of carbonyl (C=O) groups is 1. The summed E-state index contributed by atoms with van der Waals surface area (Å²) in [6.45, 7) is 4.20. The highest BCUT2D eigenvalue weighted by Gasteiger charge is 2.20. The van der Waals surface area contributed by atoms with E-state index in [4.69, 9.17) is 14.2 Å². The first-order valence-electron chi connectivity index (χ1n) is 9.42. The predicted molar refractivity (Wildman–Crippen MR) is 105 cm³/mol. The minimum absolute atomic E-state index is 0.0775. The van der Waals surface area contributed by atoms with Crippen molar-refractivity contribution in [3.05, 3.63) is 59.7 Å². The molecule has 0 aliphatic carbocycles. The number of likely N-dealkylation sites (N-methyl/N-ethyl adjacent to an activating group) is 1. The van der Waals surface area contributed by atoms with Crippen LogP contribution in [0, 0.1) is 6.92 Å². The van der Waals surface area contributed by atoms with Crippen LogP contribution in [-0.2, 0) is 4.74 Å². The van der Waals surface area contributed by atoms with Crippen LogP contribution in [0.1, 0.15) is 28.8 Å². The Hall–Kier alpha value is -2.53. The fourth-order valence-corrected chi connectivity index (χ4v) is 3.05. The first-order valence-corrected chi connectivity index (χ1v) is 9.42. The summed E-state index contributed by atoms with van der Waals surface area (Å²) < 4.78 is 17.3. The number of amides is 1. The van der Waals surface area contributed by atoms with E-state index in [1.807, 2.05) is 49.4 Å². The summed E-state index contributed by atoms with van der Waals surface area (Å²) in [7, 11) is 1.78. The Kier molecular flexibility index (Phi) is 6.71. The van der Waals surface area contributed by atoms with Crippen molar-refractivity contribution in [3.63, 3.8) is 0 Å². The third-order valence-corrected chi connectivity index (χ3v) is 4.69. The molecule has 0 N–H and O–H groups in total. The molecule has 1 aliphatic heterocycles. The van der Waals surface area contributed by atoms with E-state index in [1.165, 1.54) is 0 Å². The number of benzene rings is 2. The molecule has 27 heavy (non-hydrogen) atoms. The number of rotatable bonds is 8. The summed E-state index contributed by atoms with van der Waals surface area (Å²) in [6, 6.07) is 15.2. The molecule has 1 amide bonds. The zero-order chi connectivity index (χ0) is 19.1. The highest BCUT2D eigenvalue weighted by Crippen LogP contribution is 2.22. The maximum atomic E-state index is 12.8. The molecule has 0 aromatic heterocycles. The van der Waals surface area contributed by atoms with Gasteiger partial charge in [0.25, 0.3) is 5.91 Å². The third-order valence-electron chi connectivity index (χ3n) is 4.69. The van der Waals surface area contributed by atoms with E-state index < -0.39 is 0 Å². The molecule has 2 aromatic rings. The fourth-order valence-electron chi connectivity index (χ4n) is 3.05.